The summed E-state index contributed by atoms with van der Waals surface area (Å²) in [4.78, 5) is 31.0. The number of thiazole rings is 1. The molecule has 30 heavy (non-hydrogen) atoms. The van der Waals surface area contributed by atoms with E-state index in [-0.39, 0.29) is 23.3 Å². The standard InChI is InChI=1S/C21H25BrFN3O3S/c1-21(2,3)29-20(28)26-15(14-6-4-5-11-24-14)17(27)16-18(30-19(22)25-16)12-7-9-13(23)10-8-12/h7-10,14-15,24H,4-6,11H2,1-3H3,(H,26,28). The van der Waals surface area contributed by atoms with Crippen LogP contribution in [0.4, 0.5) is 9.18 Å². The van der Waals surface area contributed by atoms with Gasteiger partial charge in [0.15, 0.2) is 3.92 Å². The molecule has 0 saturated carbocycles. The molecule has 0 bridgehead atoms. The van der Waals surface area contributed by atoms with E-state index in [4.69, 9.17) is 4.74 Å². The minimum Gasteiger partial charge on any atom is -0.444 e. The predicted octanol–water partition coefficient (Wildman–Crippen LogP) is 4.93. The Bertz CT molecular complexity index is 905. The van der Waals surface area contributed by atoms with Crippen molar-refractivity contribution < 1.29 is 18.7 Å². The van der Waals surface area contributed by atoms with E-state index in [0.717, 1.165) is 25.8 Å². The highest BCUT2D eigenvalue weighted by Gasteiger charge is 2.35. The summed E-state index contributed by atoms with van der Waals surface area (Å²) >= 11 is 4.64. The van der Waals surface area contributed by atoms with Gasteiger partial charge in [0.2, 0.25) is 5.78 Å². The normalized spacial score (nSPS) is 18.0. The van der Waals surface area contributed by atoms with Crippen molar-refractivity contribution >= 4 is 39.1 Å². The Labute approximate surface area is 187 Å². The second-order valence-electron chi connectivity index (χ2n) is 8.20. The lowest BCUT2D eigenvalue weighted by Crippen LogP contribution is -2.56. The van der Waals surface area contributed by atoms with Crippen molar-refractivity contribution in [2.24, 2.45) is 0 Å². The number of carbonyl (C=O) groups is 2. The number of hydrogen-bond acceptors (Lipinski definition) is 6. The number of carbonyl (C=O) groups excluding carboxylic acids is 2. The monoisotopic (exact) mass is 497 g/mol. The molecule has 1 fully saturated rings. The summed E-state index contributed by atoms with van der Waals surface area (Å²) in [5, 5.41) is 6.09. The Hall–Kier alpha value is -1.84. The van der Waals surface area contributed by atoms with Crippen LogP contribution in [0.2, 0.25) is 0 Å². The fourth-order valence-electron chi connectivity index (χ4n) is 3.35. The van der Waals surface area contributed by atoms with Gasteiger partial charge in [0.05, 0.1) is 4.88 Å². The number of amides is 1. The average molecular weight is 498 g/mol. The first-order valence-corrected chi connectivity index (χ1v) is 11.4. The molecule has 1 amide bonds. The highest BCUT2D eigenvalue weighted by molar-refractivity contribution is 9.11. The molecule has 9 heteroatoms. The lowest BCUT2D eigenvalue weighted by molar-refractivity contribution is 0.0473. The zero-order valence-corrected chi connectivity index (χ0v) is 19.5. The molecule has 1 aromatic carbocycles. The van der Waals surface area contributed by atoms with Gasteiger partial charge in [-0.05, 0) is 73.8 Å². The maximum atomic E-state index is 13.6. The second-order valence-corrected chi connectivity index (χ2v) is 10.5. The van der Waals surface area contributed by atoms with Gasteiger partial charge in [-0.2, -0.15) is 0 Å². The van der Waals surface area contributed by atoms with Gasteiger partial charge in [-0.25, -0.2) is 14.2 Å². The molecule has 2 heterocycles. The first-order valence-electron chi connectivity index (χ1n) is 9.83. The lowest BCUT2D eigenvalue weighted by atomic mass is 9.93. The van der Waals surface area contributed by atoms with Gasteiger partial charge in [-0.3, -0.25) is 4.79 Å². The van der Waals surface area contributed by atoms with Gasteiger partial charge in [-0.1, -0.05) is 18.6 Å². The van der Waals surface area contributed by atoms with E-state index in [9.17, 15) is 14.0 Å². The highest BCUT2D eigenvalue weighted by Crippen LogP contribution is 2.34. The Balaban J connectivity index is 1.92. The fraction of sp³-hybridized carbons (Fsp3) is 0.476. The average Bonchev–Trinajstić information content (AvgIpc) is 3.07. The van der Waals surface area contributed by atoms with Crippen LogP contribution in [0.25, 0.3) is 10.4 Å². The van der Waals surface area contributed by atoms with Crippen LogP contribution in [0.15, 0.2) is 28.2 Å². The molecule has 1 saturated heterocycles. The first kappa shape index (κ1) is 22.8. The van der Waals surface area contributed by atoms with Gasteiger partial charge >= 0.3 is 6.09 Å². The van der Waals surface area contributed by atoms with Crippen molar-refractivity contribution in [3.05, 3.63) is 39.7 Å². The number of halogens is 2. The number of ketones is 1. The third-order valence-corrected chi connectivity index (χ3v) is 6.20. The zero-order valence-electron chi connectivity index (χ0n) is 17.1. The summed E-state index contributed by atoms with van der Waals surface area (Å²) in [5.41, 5.74) is 0.253. The van der Waals surface area contributed by atoms with Gasteiger partial charge in [0.1, 0.15) is 23.2 Å². The largest absolute Gasteiger partial charge is 0.444 e. The Morgan fingerprint density at radius 3 is 2.60 bits per heavy atom. The number of alkyl carbamates (subject to hydrolysis) is 1. The van der Waals surface area contributed by atoms with Crippen LogP contribution in [0.5, 0.6) is 0 Å². The van der Waals surface area contributed by atoms with E-state index in [1.165, 1.54) is 23.5 Å². The quantitative estimate of drug-likeness (QED) is 0.572. The van der Waals surface area contributed by atoms with Gasteiger partial charge < -0.3 is 15.4 Å². The number of hydrogen-bond donors (Lipinski definition) is 2. The van der Waals surface area contributed by atoms with Crippen molar-refractivity contribution in [3.63, 3.8) is 0 Å². The van der Waals surface area contributed by atoms with Crippen molar-refractivity contribution in [3.8, 4) is 10.4 Å². The van der Waals surface area contributed by atoms with Gasteiger partial charge in [-0.15, -0.1) is 11.3 Å². The summed E-state index contributed by atoms with van der Waals surface area (Å²) in [6.07, 6.45) is 2.09. The minimum atomic E-state index is -0.826. The van der Waals surface area contributed by atoms with Crippen molar-refractivity contribution in [1.82, 2.24) is 15.6 Å². The van der Waals surface area contributed by atoms with Crippen molar-refractivity contribution in [2.45, 2.75) is 57.7 Å². The highest BCUT2D eigenvalue weighted by atomic mass is 79.9. The predicted molar refractivity (Wildman–Crippen MR) is 118 cm³/mol. The van der Waals surface area contributed by atoms with Gasteiger partial charge in [0.25, 0.3) is 0 Å². The molecule has 1 aliphatic rings. The smallest absolute Gasteiger partial charge is 0.408 e. The maximum Gasteiger partial charge on any atom is 0.408 e. The van der Waals surface area contributed by atoms with Crippen LogP contribution >= 0.6 is 27.3 Å². The first-order chi connectivity index (χ1) is 14.1. The van der Waals surface area contributed by atoms with Crippen LogP contribution in [-0.2, 0) is 4.74 Å². The van der Waals surface area contributed by atoms with Gasteiger partial charge in [0, 0.05) is 6.04 Å². The minimum absolute atomic E-state index is 0.222. The molecular weight excluding hydrogens is 473 g/mol. The van der Waals surface area contributed by atoms with E-state index in [1.807, 2.05) is 0 Å². The van der Waals surface area contributed by atoms with Crippen molar-refractivity contribution in [2.75, 3.05) is 6.54 Å². The second kappa shape index (κ2) is 9.53. The molecule has 0 spiro atoms. The van der Waals surface area contributed by atoms with E-state index in [0.29, 0.717) is 14.4 Å². The Kier molecular flexibility index (Phi) is 7.26. The SMILES string of the molecule is CC(C)(C)OC(=O)NC(C(=O)c1nc(Br)sc1-c1ccc(F)cc1)C1CCCCN1. The fourth-order valence-corrected chi connectivity index (χ4v) is 4.82. The molecule has 0 radical (unpaired) electrons. The molecule has 162 valence electrons. The van der Waals surface area contributed by atoms with E-state index >= 15 is 0 Å². The van der Waals surface area contributed by atoms with Crippen LogP contribution in [0.1, 0.15) is 50.5 Å². The molecule has 2 aromatic rings. The topological polar surface area (TPSA) is 80.3 Å². The van der Waals surface area contributed by atoms with E-state index < -0.39 is 17.7 Å². The number of nitrogens with one attached hydrogen (secondary N) is 2. The number of ether oxygens (including phenoxy) is 1. The molecule has 0 aliphatic carbocycles. The summed E-state index contributed by atoms with van der Waals surface area (Å²) in [7, 11) is 0. The molecule has 2 atom stereocenters. The maximum absolute atomic E-state index is 13.6. The van der Waals surface area contributed by atoms with Crippen LogP contribution < -0.4 is 10.6 Å². The number of benzene rings is 1. The number of piperidine rings is 1. The Morgan fingerprint density at radius 1 is 1.30 bits per heavy atom. The number of rotatable bonds is 5. The number of aromatic nitrogens is 1. The lowest BCUT2D eigenvalue weighted by Gasteiger charge is -2.31. The molecule has 2 N–H and O–H groups in total. The summed E-state index contributed by atoms with van der Waals surface area (Å²) in [6.45, 7) is 6.08. The molecular formula is C21H25BrFN3O3S. The van der Waals surface area contributed by atoms with Crippen LogP contribution in [0.3, 0.4) is 0 Å². The Morgan fingerprint density at radius 2 is 2.00 bits per heavy atom. The third-order valence-electron chi connectivity index (χ3n) is 4.65. The molecule has 3 rings (SSSR count). The number of Topliss-reactive ketones (excluding diaryl/α,β-unsaturated/α-hetero) is 1. The molecule has 1 aliphatic heterocycles. The number of nitrogens with zero attached hydrogens (tertiary/aromatic N) is 1. The molecule has 2 unspecified atom stereocenters. The van der Waals surface area contributed by atoms with Crippen molar-refractivity contribution in [1.29, 1.82) is 0 Å². The zero-order chi connectivity index (χ0) is 21.9. The van der Waals surface area contributed by atoms with Crippen LogP contribution in [-0.4, -0.2) is 41.1 Å². The third kappa shape index (κ3) is 5.86. The summed E-state index contributed by atoms with van der Waals surface area (Å²) in [5.74, 6) is -0.660. The molecule has 1 aromatic heterocycles. The van der Waals surface area contributed by atoms with E-state index in [1.54, 1.807) is 32.9 Å². The van der Waals surface area contributed by atoms with Crippen LogP contribution in [0, 0.1) is 5.82 Å². The van der Waals surface area contributed by atoms with E-state index in [2.05, 4.69) is 31.5 Å². The molecule has 6 nitrogen and oxygen atoms in total. The summed E-state index contributed by atoms with van der Waals surface area (Å²) in [6, 6.07) is 4.86. The summed E-state index contributed by atoms with van der Waals surface area (Å²) < 4.78 is 19.3.